The van der Waals surface area contributed by atoms with Gasteiger partial charge in [0.15, 0.2) is 11.6 Å². The average Bonchev–Trinajstić information content (AvgIpc) is 2.02. The molecule has 0 aliphatic heterocycles. The van der Waals surface area contributed by atoms with Crippen molar-refractivity contribution in [3.8, 4) is 5.75 Å². The molecule has 62 valence electrons. The lowest BCUT2D eigenvalue weighted by Crippen LogP contribution is -1.92. The van der Waals surface area contributed by atoms with Gasteiger partial charge in [0.1, 0.15) is 5.75 Å². The summed E-state index contributed by atoms with van der Waals surface area (Å²) in [6, 6.07) is 0.905. The molecular weight excluding hydrogens is 147 g/mol. The number of aromatic nitrogens is 1. The summed E-state index contributed by atoms with van der Waals surface area (Å²) < 4.78 is 12.2. The summed E-state index contributed by atoms with van der Waals surface area (Å²) in [6.07, 6.45) is 1.08. The molecule has 1 aromatic heterocycles. The molecule has 0 saturated carbocycles. The normalized spacial score (nSPS) is 8.27. The summed E-state index contributed by atoms with van der Waals surface area (Å²) in [4.78, 5) is 3.33. The van der Waals surface area contributed by atoms with E-state index in [1.807, 2.05) is 13.8 Å². The molecule has 0 atom stereocenters. The van der Waals surface area contributed by atoms with Gasteiger partial charge >= 0.3 is 0 Å². The van der Waals surface area contributed by atoms with E-state index in [9.17, 15) is 4.39 Å². The van der Waals surface area contributed by atoms with Crippen molar-refractivity contribution in [2.75, 3.05) is 5.73 Å². The van der Waals surface area contributed by atoms with Crippen molar-refractivity contribution in [1.29, 1.82) is 0 Å². The lowest BCUT2D eigenvalue weighted by atomic mass is 10.4. The fourth-order valence-corrected chi connectivity index (χ4v) is 0.438. The van der Waals surface area contributed by atoms with Gasteiger partial charge in [-0.2, -0.15) is 0 Å². The van der Waals surface area contributed by atoms with Crippen LogP contribution in [0.4, 0.5) is 10.2 Å². The molecule has 0 aliphatic carbocycles. The Balaban J connectivity index is 0.000000461. The van der Waals surface area contributed by atoms with Gasteiger partial charge in [-0.25, -0.2) is 9.37 Å². The molecule has 0 radical (unpaired) electrons. The second-order valence-corrected chi connectivity index (χ2v) is 1.56. The Kier molecular flexibility index (Phi) is 3.95. The van der Waals surface area contributed by atoms with Crippen LogP contribution in [-0.2, 0) is 0 Å². The highest BCUT2D eigenvalue weighted by Gasteiger charge is 1.97. The molecule has 1 aromatic rings. The summed E-state index contributed by atoms with van der Waals surface area (Å²) >= 11 is 0. The van der Waals surface area contributed by atoms with Crippen molar-refractivity contribution in [2.24, 2.45) is 0 Å². The SMILES string of the molecule is CC.Nc1ncc(O)cc1F. The number of aromatic hydroxyl groups is 1. The zero-order valence-corrected chi connectivity index (χ0v) is 6.50. The number of halogens is 1. The van der Waals surface area contributed by atoms with E-state index in [0.717, 1.165) is 12.3 Å². The number of pyridine rings is 1. The molecule has 0 aliphatic rings. The topological polar surface area (TPSA) is 59.1 Å². The van der Waals surface area contributed by atoms with E-state index in [2.05, 4.69) is 4.98 Å². The lowest BCUT2D eigenvalue weighted by molar-refractivity contribution is 0.466. The van der Waals surface area contributed by atoms with Gasteiger partial charge in [0, 0.05) is 6.07 Å². The number of anilines is 1. The Morgan fingerprint density at radius 2 is 2.09 bits per heavy atom. The number of hydrogen-bond donors (Lipinski definition) is 2. The summed E-state index contributed by atoms with van der Waals surface area (Å²) in [6.45, 7) is 4.00. The first-order valence-corrected chi connectivity index (χ1v) is 3.30. The number of nitrogen functional groups attached to an aromatic ring is 1. The van der Waals surface area contributed by atoms with Crippen LogP contribution in [0.15, 0.2) is 12.3 Å². The van der Waals surface area contributed by atoms with Crippen LogP contribution >= 0.6 is 0 Å². The minimum absolute atomic E-state index is 0.201. The molecule has 0 amide bonds. The van der Waals surface area contributed by atoms with Crippen molar-refractivity contribution < 1.29 is 9.50 Å². The van der Waals surface area contributed by atoms with Crippen LogP contribution in [0.2, 0.25) is 0 Å². The minimum atomic E-state index is -0.699. The molecule has 1 heterocycles. The Morgan fingerprint density at radius 3 is 2.45 bits per heavy atom. The zero-order valence-electron chi connectivity index (χ0n) is 6.50. The maximum atomic E-state index is 12.2. The van der Waals surface area contributed by atoms with Crippen molar-refractivity contribution in [3.63, 3.8) is 0 Å². The van der Waals surface area contributed by atoms with E-state index < -0.39 is 5.82 Å². The lowest BCUT2D eigenvalue weighted by Gasteiger charge is -1.93. The zero-order chi connectivity index (χ0) is 8.85. The Morgan fingerprint density at radius 1 is 1.55 bits per heavy atom. The highest BCUT2D eigenvalue weighted by molar-refractivity contribution is 5.33. The third-order valence-electron chi connectivity index (χ3n) is 0.855. The standard InChI is InChI=1S/C5H5FN2O.C2H6/c6-4-1-3(9)2-8-5(4)7;1-2/h1-2,9H,(H2,7,8);1-2H3. The first-order valence-electron chi connectivity index (χ1n) is 3.30. The largest absolute Gasteiger partial charge is 0.506 e. The quantitative estimate of drug-likeness (QED) is 0.602. The molecule has 4 heteroatoms. The monoisotopic (exact) mass is 158 g/mol. The number of rotatable bonds is 0. The van der Waals surface area contributed by atoms with Crippen LogP contribution in [0, 0.1) is 5.82 Å². The molecule has 0 saturated heterocycles. The van der Waals surface area contributed by atoms with E-state index in [0.29, 0.717) is 0 Å². The number of nitrogens with zero attached hydrogens (tertiary/aromatic N) is 1. The summed E-state index contributed by atoms with van der Waals surface area (Å²) in [5.41, 5.74) is 4.99. The highest BCUT2D eigenvalue weighted by atomic mass is 19.1. The van der Waals surface area contributed by atoms with Crippen LogP contribution in [0.3, 0.4) is 0 Å². The fourth-order valence-electron chi connectivity index (χ4n) is 0.438. The van der Waals surface area contributed by atoms with Gasteiger partial charge in [-0.3, -0.25) is 0 Å². The number of hydrogen-bond acceptors (Lipinski definition) is 3. The number of nitrogens with two attached hydrogens (primary N) is 1. The molecule has 1 rings (SSSR count). The Bertz CT molecular complexity index is 228. The van der Waals surface area contributed by atoms with Crippen molar-refractivity contribution in [3.05, 3.63) is 18.1 Å². The molecule has 0 fully saturated rings. The van der Waals surface area contributed by atoms with Crippen molar-refractivity contribution >= 4 is 5.82 Å². The van der Waals surface area contributed by atoms with E-state index in [4.69, 9.17) is 10.8 Å². The second-order valence-electron chi connectivity index (χ2n) is 1.56. The molecule has 3 nitrogen and oxygen atoms in total. The second kappa shape index (κ2) is 4.49. The van der Waals surface area contributed by atoms with Gasteiger partial charge in [-0.1, -0.05) is 13.8 Å². The van der Waals surface area contributed by atoms with Gasteiger partial charge < -0.3 is 10.8 Å². The van der Waals surface area contributed by atoms with E-state index in [1.165, 1.54) is 0 Å². The first-order chi connectivity index (χ1) is 5.20. The van der Waals surface area contributed by atoms with Crippen LogP contribution in [-0.4, -0.2) is 10.1 Å². The van der Waals surface area contributed by atoms with E-state index in [1.54, 1.807) is 0 Å². The molecule has 3 N–H and O–H groups in total. The molecule has 11 heavy (non-hydrogen) atoms. The third-order valence-corrected chi connectivity index (χ3v) is 0.855. The average molecular weight is 158 g/mol. The molecular formula is C7H11FN2O. The predicted molar refractivity (Wildman–Crippen MR) is 41.6 cm³/mol. The summed E-state index contributed by atoms with van der Waals surface area (Å²) in [5.74, 6) is -1.12. The van der Waals surface area contributed by atoms with Gasteiger partial charge in [0.25, 0.3) is 0 Å². The molecule has 0 bridgehead atoms. The first kappa shape index (κ1) is 9.68. The van der Waals surface area contributed by atoms with Gasteiger partial charge in [-0.05, 0) is 0 Å². The minimum Gasteiger partial charge on any atom is -0.506 e. The van der Waals surface area contributed by atoms with E-state index >= 15 is 0 Å². The smallest absolute Gasteiger partial charge is 0.168 e. The van der Waals surface area contributed by atoms with E-state index in [-0.39, 0.29) is 11.6 Å². The van der Waals surface area contributed by atoms with Crippen LogP contribution < -0.4 is 5.73 Å². The maximum Gasteiger partial charge on any atom is 0.168 e. The Hall–Kier alpha value is -1.32. The predicted octanol–water partition coefficient (Wildman–Crippen LogP) is 1.53. The molecule has 0 aromatic carbocycles. The van der Waals surface area contributed by atoms with Crippen molar-refractivity contribution in [2.45, 2.75) is 13.8 Å². The molecule has 0 unspecified atom stereocenters. The highest BCUT2D eigenvalue weighted by Crippen LogP contribution is 2.11. The molecule has 0 spiro atoms. The van der Waals surface area contributed by atoms with Crippen molar-refractivity contribution in [1.82, 2.24) is 4.98 Å². The van der Waals surface area contributed by atoms with Crippen LogP contribution in [0.1, 0.15) is 13.8 Å². The van der Waals surface area contributed by atoms with Crippen LogP contribution in [0.5, 0.6) is 5.75 Å². The van der Waals surface area contributed by atoms with Gasteiger partial charge in [0.2, 0.25) is 0 Å². The summed E-state index contributed by atoms with van der Waals surface area (Å²) in [5, 5.41) is 8.58. The fraction of sp³-hybridized carbons (Fsp3) is 0.286. The third kappa shape index (κ3) is 2.84. The van der Waals surface area contributed by atoms with Crippen LogP contribution in [0.25, 0.3) is 0 Å². The maximum absolute atomic E-state index is 12.2. The Labute approximate surface area is 64.7 Å². The summed E-state index contributed by atoms with van der Waals surface area (Å²) in [7, 11) is 0. The van der Waals surface area contributed by atoms with Gasteiger partial charge in [0.05, 0.1) is 6.20 Å². The van der Waals surface area contributed by atoms with Gasteiger partial charge in [-0.15, -0.1) is 0 Å².